The SMILES string of the molecule is CCC(C)(C)C(=O)OCC(C)C.CCCCC(CC)COC(=O)CCCCCOC(=O)NCCOC(=O)C(C)(C)CC. The minimum Gasteiger partial charge on any atom is -0.465 e. The summed E-state index contributed by atoms with van der Waals surface area (Å²) in [7, 11) is 0. The Morgan fingerprint density at radius 2 is 1.29 bits per heavy atom. The molecule has 0 radical (unpaired) electrons. The molecule has 0 spiro atoms. The van der Waals surface area contributed by atoms with Gasteiger partial charge in [-0.05, 0) is 78.1 Å². The van der Waals surface area contributed by atoms with Crippen molar-refractivity contribution >= 4 is 24.0 Å². The van der Waals surface area contributed by atoms with Crippen molar-refractivity contribution < 1.29 is 38.1 Å². The summed E-state index contributed by atoms with van der Waals surface area (Å²) in [5.74, 6) is 0.372. The number of carbonyl (C=O) groups is 4. The summed E-state index contributed by atoms with van der Waals surface area (Å²) in [4.78, 5) is 46.6. The van der Waals surface area contributed by atoms with Gasteiger partial charge in [-0.15, -0.1) is 0 Å². The first-order chi connectivity index (χ1) is 19.7. The average Bonchev–Trinajstić information content (AvgIpc) is 2.95. The summed E-state index contributed by atoms with van der Waals surface area (Å²) >= 11 is 0. The van der Waals surface area contributed by atoms with E-state index >= 15 is 0 Å². The second-order valence-electron chi connectivity index (χ2n) is 12.6. The molecular formula is C33H63NO8. The van der Waals surface area contributed by atoms with Crippen LogP contribution in [0.15, 0.2) is 0 Å². The van der Waals surface area contributed by atoms with Gasteiger partial charge in [-0.2, -0.15) is 0 Å². The molecule has 1 unspecified atom stereocenters. The van der Waals surface area contributed by atoms with Crippen LogP contribution in [0.5, 0.6) is 0 Å². The van der Waals surface area contributed by atoms with E-state index in [0.717, 1.165) is 38.5 Å². The third-order valence-electron chi connectivity index (χ3n) is 7.31. The van der Waals surface area contributed by atoms with Crippen molar-refractivity contribution in [2.24, 2.45) is 22.7 Å². The van der Waals surface area contributed by atoms with Gasteiger partial charge in [-0.1, -0.05) is 60.8 Å². The molecule has 0 heterocycles. The Labute approximate surface area is 256 Å². The molecule has 1 amide bonds. The van der Waals surface area contributed by atoms with E-state index in [1.165, 1.54) is 6.42 Å². The number of alkyl carbamates (subject to hydrolysis) is 1. The first-order valence-electron chi connectivity index (χ1n) is 16.1. The fourth-order valence-corrected chi connectivity index (χ4v) is 3.16. The highest BCUT2D eigenvalue weighted by Gasteiger charge is 2.27. The van der Waals surface area contributed by atoms with Crippen LogP contribution in [0.3, 0.4) is 0 Å². The van der Waals surface area contributed by atoms with Gasteiger partial charge in [0.05, 0.1) is 37.2 Å². The molecule has 9 nitrogen and oxygen atoms in total. The Morgan fingerprint density at radius 3 is 1.81 bits per heavy atom. The summed E-state index contributed by atoms with van der Waals surface area (Å²) in [5.41, 5.74) is -0.839. The molecular weight excluding hydrogens is 538 g/mol. The second-order valence-corrected chi connectivity index (χ2v) is 12.6. The summed E-state index contributed by atoms with van der Waals surface area (Å²) in [5, 5.41) is 2.55. The fourth-order valence-electron chi connectivity index (χ4n) is 3.16. The lowest BCUT2D eigenvalue weighted by Gasteiger charge is -2.20. The number of hydrogen-bond donors (Lipinski definition) is 1. The molecule has 0 aromatic rings. The van der Waals surface area contributed by atoms with E-state index in [0.29, 0.717) is 50.9 Å². The zero-order chi connectivity index (χ0) is 32.6. The van der Waals surface area contributed by atoms with Crippen LogP contribution in [-0.2, 0) is 33.3 Å². The first-order valence-corrected chi connectivity index (χ1v) is 16.1. The largest absolute Gasteiger partial charge is 0.465 e. The Kier molecular flexibility index (Phi) is 24.0. The van der Waals surface area contributed by atoms with Crippen molar-refractivity contribution in [3.63, 3.8) is 0 Å². The van der Waals surface area contributed by atoms with Crippen LogP contribution < -0.4 is 5.32 Å². The predicted molar refractivity (Wildman–Crippen MR) is 167 cm³/mol. The number of nitrogens with one attached hydrogen (secondary N) is 1. The van der Waals surface area contributed by atoms with Gasteiger partial charge in [0.15, 0.2) is 0 Å². The zero-order valence-corrected chi connectivity index (χ0v) is 28.5. The van der Waals surface area contributed by atoms with Crippen LogP contribution in [0.1, 0.15) is 133 Å². The molecule has 0 rings (SSSR count). The molecule has 42 heavy (non-hydrogen) atoms. The van der Waals surface area contributed by atoms with Crippen molar-refractivity contribution in [3.8, 4) is 0 Å². The topological polar surface area (TPSA) is 117 Å². The van der Waals surface area contributed by atoms with Crippen LogP contribution in [-0.4, -0.2) is 57.0 Å². The maximum absolute atomic E-state index is 11.8. The highest BCUT2D eigenvalue weighted by molar-refractivity contribution is 5.76. The molecule has 0 aliphatic rings. The molecule has 248 valence electrons. The van der Waals surface area contributed by atoms with E-state index in [9.17, 15) is 19.2 Å². The van der Waals surface area contributed by atoms with Crippen LogP contribution in [0, 0.1) is 22.7 Å². The highest BCUT2D eigenvalue weighted by atomic mass is 16.6. The lowest BCUT2D eigenvalue weighted by Crippen LogP contribution is -2.32. The number of hydrogen-bond acceptors (Lipinski definition) is 8. The molecule has 0 saturated heterocycles. The molecule has 1 atom stereocenters. The van der Waals surface area contributed by atoms with Crippen molar-refractivity contribution in [1.82, 2.24) is 5.32 Å². The normalized spacial score (nSPS) is 12.1. The second kappa shape index (κ2) is 24.2. The number of carbonyl (C=O) groups excluding carboxylic acids is 4. The van der Waals surface area contributed by atoms with Gasteiger partial charge in [-0.3, -0.25) is 14.4 Å². The van der Waals surface area contributed by atoms with Crippen LogP contribution in [0.25, 0.3) is 0 Å². The van der Waals surface area contributed by atoms with Crippen LogP contribution in [0.2, 0.25) is 0 Å². The quantitative estimate of drug-likeness (QED) is 0.0810. The summed E-state index contributed by atoms with van der Waals surface area (Å²) in [6, 6.07) is 0. The van der Waals surface area contributed by atoms with E-state index in [-0.39, 0.29) is 36.5 Å². The smallest absolute Gasteiger partial charge is 0.407 e. The number of amides is 1. The zero-order valence-electron chi connectivity index (χ0n) is 28.5. The summed E-state index contributed by atoms with van der Waals surface area (Å²) in [6.07, 6.45) is 8.06. The molecule has 0 fully saturated rings. The molecule has 0 aromatic carbocycles. The average molecular weight is 602 g/mol. The molecule has 9 heteroatoms. The lowest BCUT2D eigenvalue weighted by atomic mass is 9.91. The van der Waals surface area contributed by atoms with Gasteiger partial charge in [-0.25, -0.2) is 4.79 Å². The fraction of sp³-hybridized carbons (Fsp3) is 0.879. The number of esters is 3. The highest BCUT2D eigenvalue weighted by Crippen LogP contribution is 2.22. The Bertz CT molecular complexity index is 748. The van der Waals surface area contributed by atoms with E-state index < -0.39 is 11.5 Å². The van der Waals surface area contributed by atoms with E-state index in [1.807, 2.05) is 55.4 Å². The lowest BCUT2D eigenvalue weighted by molar-refractivity contribution is -0.155. The van der Waals surface area contributed by atoms with E-state index in [1.54, 1.807) is 0 Å². The molecule has 0 saturated carbocycles. The Hall–Kier alpha value is -2.32. The molecule has 0 bridgehead atoms. The van der Waals surface area contributed by atoms with Crippen LogP contribution in [0.4, 0.5) is 4.79 Å². The Morgan fingerprint density at radius 1 is 0.690 bits per heavy atom. The van der Waals surface area contributed by atoms with Gasteiger partial charge < -0.3 is 24.3 Å². The third-order valence-corrected chi connectivity index (χ3v) is 7.31. The van der Waals surface area contributed by atoms with Crippen molar-refractivity contribution in [3.05, 3.63) is 0 Å². The molecule has 0 aromatic heterocycles. The van der Waals surface area contributed by atoms with Crippen molar-refractivity contribution in [2.75, 3.05) is 33.0 Å². The van der Waals surface area contributed by atoms with E-state index in [4.69, 9.17) is 18.9 Å². The monoisotopic (exact) mass is 601 g/mol. The van der Waals surface area contributed by atoms with Crippen molar-refractivity contribution in [2.45, 2.75) is 133 Å². The van der Waals surface area contributed by atoms with Crippen molar-refractivity contribution in [1.29, 1.82) is 0 Å². The number of ether oxygens (including phenoxy) is 4. The molecule has 0 aliphatic heterocycles. The third kappa shape index (κ3) is 22.3. The summed E-state index contributed by atoms with van der Waals surface area (Å²) in [6.45, 7) is 21.4. The predicted octanol–water partition coefficient (Wildman–Crippen LogP) is 7.63. The minimum absolute atomic E-state index is 0.0845. The van der Waals surface area contributed by atoms with Gasteiger partial charge in [0.2, 0.25) is 0 Å². The Balaban J connectivity index is 0. The molecule has 0 aliphatic carbocycles. The number of unbranched alkanes of at least 4 members (excludes halogenated alkanes) is 3. The van der Waals surface area contributed by atoms with Gasteiger partial charge >= 0.3 is 24.0 Å². The maximum atomic E-state index is 11.8. The standard InChI is InChI=1S/C23H43NO6.C10H20O2/c1-6-9-13-19(7-2)18-30-20(25)14-11-10-12-16-29-22(27)24-15-17-28-21(26)23(4,5)8-3;1-6-10(4,5)9(11)12-7-8(2)3/h19H,6-18H2,1-5H3,(H,24,27);8H,6-7H2,1-5H3. The van der Waals surface area contributed by atoms with Crippen LogP contribution >= 0.6 is 0 Å². The van der Waals surface area contributed by atoms with Gasteiger partial charge in [0, 0.05) is 6.42 Å². The van der Waals surface area contributed by atoms with Gasteiger partial charge in [0.25, 0.3) is 0 Å². The van der Waals surface area contributed by atoms with Gasteiger partial charge in [0.1, 0.15) is 6.61 Å². The maximum Gasteiger partial charge on any atom is 0.407 e. The number of rotatable bonds is 21. The molecule has 1 N–H and O–H groups in total. The van der Waals surface area contributed by atoms with E-state index in [2.05, 4.69) is 19.2 Å². The summed E-state index contributed by atoms with van der Waals surface area (Å²) < 4.78 is 20.7. The minimum atomic E-state index is -0.530. The first kappa shape index (κ1) is 41.8.